The second-order valence-electron chi connectivity index (χ2n) is 3.96. The van der Waals surface area contributed by atoms with Gasteiger partial charge in [0.1, 0.15) is 0 Å². The molecular formula is C10H20O2. The first-order chi connectivity index (χ1) is 5.38. The highest BCUT2D eigenvalue weighted by Gasteiger charge is 2.23. The monoisotopic (exact) mass is 172 g/mol. The summed E-state index contributed by atoms with van der Waals surface area (Å²) in [6.45, 7) is 8.94. The van der Waals surface area contributed by atoms with E-state index in [9.17, 15) is 10.2 Å². The van der Waals surface area contributed by atoms with Gasteiger partial charge < -0.3 is 10.2 Å². The van der Waals surface area contributed by atoms with E-state index in [1.165, 1.54) is 0 Å². The van der Waals surface area contributed by atoms with E-state index in [-0.39, 0.29) is 0 Å². The molecule has 2 N–H and O–H groups in total. The molecule has 0 aliphatic heterocycles. The van der Waals surface area contributed by atoms with Crippen molar-refractivity contribution in [3.05, 3.63) is 12.7 Å². The number of allylic oxidation sites excluding steroid dienone is 1. The average molecular weight is 172 g/mol. The number of aliphatic hydroxyl groups is 2. The zero-order valence-electron chi connectivity index (χ0n) is 8.25. The molecule has 1 unspecified atom stereocenters. The zero-order valence-corrected chi connectivity index (χ0v) is 8.25. The lowest BCUT2D eigenvalue weighted by molar-refractivity contribution is -0.0528. The van der Waals surface area contributed by atoms with Crippen LogP contribution in [0, 0.1) is 5.92 Å². The maximum absolute atomic E-state index is 9.45. The van der Waals surface area contributed by atoms with Gasteiger partial charge in [-0.25, -0.2) is 0 Å². The average Bonchev–Trinajstić information content (AvgIpc) is 1.97. The van der Waals surface area contributed by atoms with E-state index in [1.807, 2.05) is 13.0 Å². The van der Waals surface area contributed by atoms with Crippen LogP contribution in [0.15, 0.2) is 12.7 Å². The molecule has 0 aromatic carbocycles. The predicted molar refractivity (Wildman–Crippen MR) is 50.9 cm³/mol. The van der Waals surface area contributed by atoms with Crippen molar-refractivity contribution in [3.8, 4) is 0 Å². The fourth-order valence-electron chi connectivity index (χ4n) is 0.892. The molecule has 0 aromatic rings. The van der Waals surface area contributed by atoms with Gasteiger partial charge >= 0.3 is 0 Å². The van der Waals surface area contributed by atoms with E-state index < -0.39 is 11.7 Å². The minimum Gasteiger partial charge on any atom is -0.390 e. The van der Waals surface area contributed by atoms with Crippen LogP contribution in [-0.2, 0) is 0 Å². The molecule has 0 rings (SSSR count). The van der Waals surface area contributed by atoms with Gasteiger partial charge in [-0.1, -0.05) is 13.0 Å². The van der Waals surface area contributed by atoms with Crippen molar-refractivity contribution < 1.29 is 10.2 Å². The molecule has 0 aliphatic rings. The molecule has 12 heavy (non-hydrogen) atoms. The summed E-state index contributed by atoms with van der Waals surface area (Å²) in [6.07, 6.45) is 2.71. The van der Waals surface area contributed by atoms with E-state index in [4.69, 9.17) is 0 Å². The Bertz CT molecular complexity index is 135. The minimum atomic E-state index is -0.985. The smallest absolute Gasteiger partial charge is 0.0849 e. The third kappa shape index (κ3) is 4.52. The molecule has 2 nitrogen and oxygen atoms in total. The predicted octanol–water partition coefficient (Wildman–Crippen LogP) is 1.72. The largest absolute Gasteiger partial charge is 0.390 e. The van der Waals surface area contributed by atoms with E-state index in [2.05, 4.69) is 6.58 Å². The molecule has 0 aromatic heterocycles. The van der Waals surface area contributed by atoms with Gasteiger partial charge in [-0.3, -0.25) is 0 Å². The quantitative estimate of drug-likeness (QED) is 0.620. The minimum absolute atomic E-state index is 0.405. The molecule has 0 aliphatic carbocycles. The highest BCUT2D eigenvalue weighted by Crippen LogP contribution is 2.16. The third-order valence-electron chi connectivity index (χ3n) is 2.11. The Morgan fingerprint density at radius 1 is 1.42 bits per heavy atom. The van der Waals surface area contributed by atoms with Crippen LogP contribution in [0.5, 0.6) is 0 Å². The summed E-state index contributed by atoms with van der Waals surface area (Å²) >= 11 is 0. The summed E-state index contributed by atoms with van der Waals surface area (Å²) in [7, 11) is 0. The summed E-state index contributed by atoms with van der Waals surface area (Å²) in [6, 6.07) is 0. The lowest BCUT2D eigenvalue weighted by Gasteiger charge is -2.24. The van der Waals surface area contributed by atoms with E-state index in [1.54, 1.807) is 13.8 Å². The van der Waals surface area contributed by atoms with Crippen LogP contribution in [0.4, 0.5) is 0 Å². The fraction of sp³-hybridized carbons (Fsp3) is 0.800. The molecule has 2 heteroatoms. The van der Waals surface area contributed by atoms with Crippen molar-refractivity contribution in [1.82, 2.24) is 0 Å². The Labute approximate surface area is 74.9 Å². The van der Waals surface area contributed by atoms with Crippen LogP contribution in [-0.4, -0.2) is 21.9 Å². The lowest BCUT2D eigenvalue weighted by Crippen LogP contribution is -2.35. The Balaban J connectivity index is 3.71. The Morgan fingerprint density at radius 2 is 1.92 bits per heavy atom. The van der Waals surface area contributed by atoms with Crippen molar-refractivity contribution in [2.45, 2.75) is 45.3 Å². The lowest BCUT2D eigenvalue weighted by atomic mass is 9.94. The Hall–Kier alpha value is -0.340. The first-order valence-electron chi connectivity index (χ1n) is 4.41. The van der Waals surface area contributed by atoms with Crippen LogP contribution in [0.3, 0.4) is 0 Å². The van der Waals surface area contributed by atoms with Gasteiger partial charge in [0.15, 0.2) is 0 Å². The molecule has 0 spiro atoms. The van der Waals surface area contributed by atoms with Crippen LogP contribution in [0.1, 0.15) is 33.6 Å². The second-order valence-corrected chi connectivity index (χ2v) is 3.96. The van der Waals surface area contributed by atoms with Crippen LogP contribution >= 0.6 is 0 Å². The van der Waals surface area contributed by atoms with Gasteiger partial charge in [-0.2, -0.15) is 0 Å². The van der Waals surface area contributed by atoms with Gasteiger partial charge in [0.05, 0.1) is 11.7 Å². The van der Waals surface area contributed by atoms with Gasteiger partial charge in [0.2, 0.25) is 0 Å². The molecule has 0 saturated carbocycles. The highest BCUT2D eigenvalue weighted by molar-refractivity contribution is 4.80. The standard InChI is InChI=1S/C10H20O2/c1-5-8(2)6-7-9(11)10(3,4)12/h5,8-9,11-12H,1,6-7H2,2-4H3/t8-,9?/m1/s1. The molecule has 0 heterocycles. The van der Waals surface area contributed by atoms with Crippen molar-refractivity contribution >= 4 is 0 Å². The summed E-state index contributed by atoms with van der Waals surface area (Å²) in [5.41, 5.74) is -0.985. The molecule has 0 radical (unpaired) electrons. The maximum atomic E-state index is 9.45. The number of hydrogen-bond donors (Lipinski definition) is 2. The van der Waals surface area contributed by atoms with Crippen LogP contribution < -0.4 is 0 Å². The topological polar surface area (TPSA) is 40.5 Å². The number of rotatable bonds is 5. The van der Waals surface area contributed by atoms with E-state index in [0.717, 1.165) is 6.42 Å². The zero-order chi connectivity index (χ0) is 9.78. The van der Waals surface area contributed by atoms with Gasteiger partial charge in [-0.05, 0) is 32.6 Å². The van der Waals surface area contributed by atoms with Crippen LogP contribution in [0.2, 0.25) is 0 Å². The summed E-state index contributed by atoms with van der Waals surface area (Å²) in [5, 5.41) is 18.8. The van der Waals surface area contributed by atoms with Gasteiger partial charge in [0, 0.05) is 0 Å². The molecule has 0 bridgehead atoms. The summed E-state index contributed by atoms with van der Waals surface area (Å²) in [5.74, 6) is 0.405. The Kier molecular flexibility index (Phi) is 4.50. The fourth-order valence-corrected chi connectivity index (χ4v) is 0.892. The third-order valence-corrected chi connectivity index (χ3v) is 2.11. The summed E-state index contributed by atoms with van der Waals surface area (Å²) in [4.78, 5) is 0. The molecule has 0 fully saturated rings. The van der Waals surface area contributed by atoms with Crippen LogP contribution in [0.25, 0.3) is 0 Å². The molecular weight excluding hydrogens is 152 g/mol. The highest BCUT2D eigenvalue weighted by atomic mass is 16.3. The SMILES string of the molecule is C=C[C@@H](C)CCC(O)C(C)(C)O. The normalized spacial score (nSPS) is 17.1. The maximum Gasteiger partial charge on any atom is 0.0849 e. The van der Waals surface area contributed by atoms with Crippen molar-refractivity contribution in [1.29, 1.82) is 0 Å². The molecule has 2 atom stereocenters. The molecule has 0 saturated heterocycles. The number of hydrogen-bond acceptors (Lipinski definition) is 2. The first kappa shape index (κ1) is 11.7. The van der Waals surface area contributed by atoms with Crippen molar-refractivity contribution in [3.63, 3.8) is 0 Å². The Morgan fingerprint density at radius 3 is 2.25 bits per heavy atom. The second kappa shape index (κ2) is 4.63. The van der Waals surface area contributed by atoms with E-state index >= 15 is 0 Å². The van der Waals surface area contributed by atoms with E-state index in [0.29, 0.717) is 12.3 Å². The van der Waals surface area contributed by atoms with Crippen molar-refractivity contribution in [2.24, 2.45) is 5.92 Å². The molecule has 72 valence electrons. The number of aliphatic hydroxyl groups excluding tert-OH is 1. The van der Waals surface area contributed by atoms with Gasteiger partial charge in [0.25, 0.3) is 0 Å². The van der Waals surface area contributed by atoms with Crippen molar-refractivity contribution in [2.75, 3.05) is 0 Å². The van der Waals surface area contributed by atoms with Gasteiger partial charge in [-0.15, -0.1) is 6.58 Å². The molecule has 0 amide bonds. The summed E-state index contributed by atoms with van der Waals surface area (Å²) < 4.78 is 0. The first-order valence-corrected chi connectivity index (χ1v) is 4.41.